The first-order valence-electron chi connectivity index (χ1n) is 4.92. The van der Waals surface area contributed by atoms with Gasteiger partial charge in [0.15, 0.2) is 5.78 Å². The largest absolute Gasteiger partial charge is 0.465 e. The van der Waals surface area contributed by atoms with Crippen LogP contribution in [0.2, 0.25) is 0 Å². The molecule has 1 aromatic carbocycles. The number of hydrogen-bond acceptors (Lipinski definition) is 3. The van der Waals surface area contributed by atoms with Crippen LogP contribution in [0.25, 0.3) is 6.08 Å². The van der Waals surface area contributed by atoms with Crippen LogP contribution in [0.4, 0.5) is 0 Å². The smallest absolute Gasteiger partial charge is 0.341 e. The van der Waals surface area contributed by atoms with E-state index in [1.165, 1.54) is 14.0 Å². The number of benzene rings is 1. The Morgan fingerprint density at radius 3 is 2.50 bits per heavy atom. The fourth-order valence-corrected chi connectivity index (χ4v) is 1.34. The van der Waals surface area contributed by atoms with Crippen LogP contribution in [0, 0.1) is 6.92 Å². The zero-order valence-electron chi connectivity index (χ0n) is 9.61. The Morgan fingerprint density at radius 2 is 2.00 bits per heavy atom. The fraction of sp³-hybridized carbons (Fsp3) is 0.231. The van der Waals surface area contributed by atoms with Gasteiger partial charge in [0.1, 0.15) is 5.57 Å². The number of ether oxygens (including phenoxy) is 1. The van der Waals surface area contributed by atoms with Gasteiger partial charge in [0.2, 0.25) is 0 Å². The Balaban J connectivity index is 3.12. The van der Waals surface area contributed by atoms with E-state index in [1.807, 2.05) is 31.2 Å². The van der Waals surface area contributed by atoms with E-state index in [2.05, 4.69) is 4.74 Å². The molecule has 0 fully saturated rings. The molecular formula is C13H14O3. The van der Waals surface area contributed by atoms with Gasteiger partial charge in [0.25, 0.3) is 0 Å². The maximum Gasteiger partial charge on any atom is 0.341 e. The summed E-state index contributed by atoms with van der Waals surface area (Å²) < 4.78 is 4.55. The van der Waals surface area contributed by atoms with Gasteiger partial charge in [-0.3, -0.25) is 4.79 Å². The molecule has 0 spiro atoms. The summed E-state index contributed by atoms with van der Waals surface area (Å²) in [6.07, 6.45) is 1.54. The van der Waals surface area contributed by atoms with E-state index in [4.69, 9.17) is 0 Å². The number of Topliss-reactive ketones (excluding diaryl/α,β-unsaturated/α-hetero) is 1. The summed E-state index contributed by atoms with van der Waals surface area (Å²) in [4.78, 5) is 22.6. The number of carbonyl (C=O) groups is 2. The molecule has 0 N–H and O–H groups in total. The van der Waals surface area contributed by atoms with Crippen molar-refractivity contribution in [1.82, 2.24) is 0 Å². The van der Waals surface area contributed by atoms with Crippen LogP contribution >= 0.6 is 0 Å². The van der Waals surface area contributed by atoms with E-state index in [-0.39, 0.29) is 11.4 Å². The second-order valence-corrected chi connectivity index (χ2v) is 3.52. The molecule has 1 aromatic rings. The van der Waals surface area contributed by atoms with Gasteiger partial charge in [0.05, 0.1) is 7.11 Å². The molecule has 0 bridgehead atoms. The molecule has 0 unspecified atom stereocenters. The molecule has 3 nitrogen and oxygen atoms in total. The van der Waals surface area contributed by atoms with Crippen molar-refractivity contribution in [2.75, 3.05) is 7.11 Å². The highest BCUT2D eigenvalue weighted by Crippen LogP contribution is 2.11. The predicted molar refractivity (Wildman–Crippen MR) is 61.9 cm³/mol. The number of rotatable bonds is 3. The third kappa shape index (κ3) is 3.05. The summed E-state index contributed by atoms with van der Waals surface area (Å²) in [5.41, 5.74) is 1.95. The summed E-state index contributed by atoms with van der Waals surface area (Å²) in [6.45, 7) is 3.29. The second kappa shape index (κ2) is 5.26. The molecule has 3 heteroatoms. The summed E-state index contributed by atoms with van der Waals surface area (Å²) in [5, 5.41) is 0. The minimum absolute atomic E-state index is 0.0631. The van der Waals surface area contributed by atoms with E-state index >= 15 is 0 Å². The first kappa shape index (κ1) is 12.2. The zero-order chi connectivity index (χ0) is 12.1. The van der Waals surface area contributed by atoms with Crippen LogP contribution in [0.5, 0.6) is 0 Å². The molecule has 0 saturated heterocycles. The monoisotopic (exact) mass is 218 g/mol. The first-order chi connectivity index (χ1) is 7.54. The molecule has 16 heavy (non-hydrogen) atoms. The molecule has 0 radical (unpaired) electrons. The van der Waals surface area contributed by atoms with Crippen molar-refractivity contribution >= 4 is 17.8 Å². The molecule has 0 heterocycles. The van der Waals surface area contributed by atoms with E-state index in [0.717, 1.165) is 11.1 Å². The SMILES string of the molecule is COC(=O)/C(=C/c1cccc(C)c1)C(C)=O. The lowest BCUT2D eigenvalue weighted by Gasteiger charge is -2.02. The maximum atomic E-state index is 11.3. The first-order valence-corrected chi connectivity index (χ1v) is 4.92. The van der Waals surface area contributed by atoms with Crippen LogP contribution in [0.1, 0.15) is 18.1 Å². The summed E-state index contributed by atoms with van der Waals surface area (Å²) in [6, 6.07) is 7.55. The lowest BCUT2D eigenvalue weighted by atomic mass is 10.1. The van der Waals surface area contributed by atoms with Gasteiger partial charge in [-0.05, 0) is 25.5 Å². The third-order valence-corrected chi connectivity index (χ3v) is 2.14. The van der Waals surface area contributed by atoms with Gasteiger partial charge in [0, 0.05) is 0 Å². The number of esters is 1. The highest BCUT2D eigenvalue weighted by molar-refractivity contribution is 6.19. The van der Waals surface area contributed by atoms with E-state index in [0.29, 0.717) is 0 Å². The normalized spacial score (nSPS) is 11.1. The standard InChI is InChI=1S/C13H14O3/c1-9-5-4-6-11(7-9)8-12(10(2)14)13(15)16-3/h4-8H,1-3H3/b12-8+. The average molecular weight is 218 g/mol. The Hall–Kier alpha value is -1.90. The highest BCUT2D eigenvalue weighted by atomic mass is 16.5. The minimum atomic E-state index is -0.603. The minimum Gasteiger partial charge on any atom is -0.465 e. The molecule has 0 aliphatic heterocycles. The molecule has 0 aliphatic carbocycles. The quantitative estimate of drug-likeness (QED) is 0.338. The number of ketones is 1. The number of carbonyl (C=O) groups excluding carboxylic acids is 2. The maximum absolute atomic E-state index is 11.3. The van der Waals surface area contributed by atoms with E-state index < -0.39 is 5.97 Å². The molecular weight excluding hydrogens is 204 g/mol. The van der Waals surface area contributed by atoms with Crippen molar-refractivity contribution in [2.45, 2.75) is 13.8 Å². The van der Waals surface area contributed by atoms with Gasteiger partial charge in [-0.1, -0.05) is 29.8 Å². The molecule has 0 atom stereocenters. The number of hydrogen-bond donors (Lipinski definition) is 0. The summed E-state index contributed by atoms with van der Waals surface area (Å²) in [5.74, 6) is -0.901. The Bertz CT molecular complexity index is 444. The Morgan fingerprint density at radius 1 is 1.31 bits per heavy atom. The van der Waals surface area contributed by atoms with Crippen molar-refractivity contribution in [3.63, 3.8) is 0 Å². The van der Waals surface area contributed by atoms with Crippen molar-refractivity contribution in [3.05, 3.63) is 41.0 Å². The lowest BCUT2D eigenvalue weighted by Crippen LogP contribution is -2.11. The van der Waals surface area contributed by atoms with E-state index in [9.17, 15) is 9.59 Å². The predicted octanol–water partition coefficient (Wildman–Crippen LogP) is 2.14. The fourth-order valence-electron chi connectivity index (χ4n) is 1.34. The van der Waals surface area contributed by atoms with Gasteiger partial charge in [-0.15, -0.1) is 0 Å². The van der Waals surface area contributed by atoms with E-state index in [1.54, 1.807) is 6.08 Å². The number of methoxy groups -OCH3 is 1. The van der Waals surface area contributed by atoms with Crippen LogP contribution in [0.3, 0.4) is 0 Å². The van der Waals surface area contributed by atoms with Crippen molar-refractivity contribution in [3.8, 4) is 0 Å². The van der Waals surface area contributed by atoms with Gasteiger partial charge in [-0.25, -0.2) is 4.79 Å². The lowest BCUT2D eigenvalue weighted by molar-refractivity contribution is -0.137. The van der Waals surface area contributed by atoms with Crippen molar-refractivity contribution < 1.29 is 14.3 Å². The van der Waals surface area contributed by atoms with Crippen LogP contribution in [0.15, 0.2) is 29.8 Å². The highest BCUT2D eigenvalue weighted by Gasteiger charge is 2.14. The average Bonchev–Trinajstić information content (AvgIpc) is 2.24. The molecule has 1 rings (SSSR count). The van der Waals surface area contributed by atoms with Gasteiger partial charge >= 0.3 is 5.97 Å². The van der Waals surface area contributed by atoms with Crippen molar-refractivity contribution in [2.24, 2.45) is 0 Å². The van der Waals surface area contributed by atoms with Crippen LogP contribution < -0.4 is 0 Å². The molecule has 0 amide bonds. The van der Waals surface area contributed by atoms with Crippen LogP contribution in [-0.4, -0.2) is 18.9 Å². The number of aryl methyl sites for hydroxylation is 1. The molecule has 0 aliphatic rings. The molecule has 0 aromatic heterocycles. The Labute approximate surface area is 94.7 Å². The summed E-state index contributed by atoms with van der Waals surface area (Å²) in [7, 11) is 1.26. The molecule has 0 saturated carbocycles. The zero-order valence-corrected chi connectivity index (χ0v) is 9.61. The van der Waals surface area contributed by atoms with Gasteiger partial charge < -0.3 is 4.74 Å². The Kier molecular flexibility index (Phi) is 4.00. The second-order valence-electron chi connectivity index (χ2n) is 3.52. The summed E-state index contributed by atoms with van der Waals surface area (Å²) >= 11 is 0. The molecule has 84 valence electrons. The van der Waals surface area contributed by atoms with Gasteiger partial charge in [-0.2, -0.15) is 0 Å². The third-order valence-electron chi connectivity index (χ3n) is 2.14. The van der Waals surface area contributed by atoms with Crippen LogP contribution in [-0.2, 0) is 14.3 Å². The van der Waals surface area contributed by atoms with Crippen molar-refractivity contribution in [1.29, 1.82) is 0 Å². The topological polar surface area (TPSA) is 43.4 Å².